The van der Waals surface area contributed by atoms with Crippen molar-refractivity contribution in [1.29, 1.82) is 0 Å². The van der Waals surface area contributed by atoms with E-state index in [1.807, 2.05) is 24.6 Å². The van der Waals surface area contributed by atoms with Gasteiger partial charge in [-0.05, 0) is 50.7 Å². The van der Waals surface area contributed by atoms with Crippen molar-refractivity contribution < 1.29 is 13.2 Å². The molecule has 8 nitrogen and oxygen atoms in total. The number of aryl methyl sites for hydroxylation is 3. The molecule has 1 fully saturated rings. The van der Waals surface area contributed by atoms with Gasteiger partial charge >= 0.3 is 0 Å². The Morgan fingerprint density at radius 1 is 1.10 bits per heavy atom. The summed E-state index contributed by atoms with van der Waals surface area (Å²) in [5.41, 5.74) is 2.53. The number of anilines is 1. The van der Waals surface area contributed by atoms with Crippen molar-refractivity contribution in [2.45, 2.75) is 38.6 Å². The van der Waals surface area contributed by atoms with Crippen LogP contribution >= 0.6 is 0 Å². The Hall–Kier alpha value is -2.23. The first-order valence-corrected chi connectivity index (χ1v) is 11.4. The zero-order chi connectivity index (χ0) is 21.0. The lowest BCUT2D eigenvalue weighted by molar-refractivity contribution is -0.116. The second kappa shape index (κ2) is 9.06. The van der Waals surface area contributed by atoms with E-state index in [0.717, 1.165) is 31.0 Å². The van der Waals surface area contributed by atoms with Crippen LogP contribution in [0.4, 0.5) is 5.69 Å². The van der Waals surface area contributed by atoms with Gasteiger partial charge < -0.3 is 10.2 Å². The molecule has 3 rings (SSSR count). The van der Waals surface area contributed by atoms with Crippen LogP contribution in [0.25, 0.3) is 0 Å². The minimum Gasteiger partial charge on any atom is -0.326 e. The van der Waals surface area contributed by atoms with E-state index in [2.05, 4.69) is 22.2 Å². The molecule has 9 heteroatoms. The number of aromatic nitrogens is 2. The first-order chi connectivity index (χ1) is 13.8. The molecule has 2 heterocycles. The van der Waals surface area contributed by atoms with E-state index in [0.29, 0.717) is 31.7 Å². The van der Waals surface area contributed by atoms with Crippen LogP contribution < -0.4 is 5.32 Å². The highest BCUT2D eigenvalue weighted by Gasteiger charge is 2.27. The van der Waals surface area contributed by atoms with Crippen LogP contribution in [0.15, 0.2) is 35.2 Å². The third kappa shape index (κ3) is 5.23. The number of likely N-dealkylation sites (N-methyl/N-ethyl adjacent to an activating group) is 1. The van der Waals surface area contributed by atoms with Crippen molar-refractivity contribution >= 4 is 21.6 Å². The maximum atomic E-state index is 12.8. The van der Waals surface area contributed by atoms with E-state index in [-0.39, 0.29) is 10.8 Å². The predicted molar refractivity (Wildman–Crippen MR) is 112 cm³/mol. The average Bonchev–Trinajstić information content (AvgIpc) is 3.04. The first-order valence-electron chi connectivity index (χ1n) is 9.93. The van der Waals surface area contributed by atoms with Crippen molar-refractivity contribution in [3.8, 4) is 0 Å². The number of benzene rings is 1. The summed E-state index contributed by atoms with van der Waals surface area (Å²) in [6, 6.07) is 8.35. The quantitative estimate of drug-likeness (QED) is 0.740. The molecule has 0 saturated carbocycles. The summed E-state index contributed by atoms with van der Waals surface area (Å²) in [7, 11) is -3.51. The van der Waals surface area contributed by atoms with E-state index >= 15 is 0 Å². The van der Waals surface area contributed by atoms with E-state index in [1.165, 1.54) is 4.31 Å². The van der Waals surface area contributed by atoms with Gasteiger partial charge in [-0.15, -0.1) is 0 Å². The van der Waals surface area contributed by atoms with E-state index in [4.69, 9.17) is 0 Å². The highest BCUT2D eigenvalue weighted by molar-refractivity contribution is 7.89. The molecule has 1 saturated heterocycles. The number of hydrogen-bond acceptors (Lipinski definition) is 5. The van der Waals surface area contributed by atoms with E-state index < -0.39 is 10.0 Å². The van der Waals surface area contributed by atoms with Crippen LogP contribution in [0, 0.1) is 13.8 Å². The number of piperazine rings is 1. The Labute approximate surface area is 172 Å². The van der Waals surface area contributed by atoms with Gasteiger partial charge in [0.15, 0.2) is 0 Å². The standard InChI is InChI=1S/C20H29N5O3S/c1-4-23-11-13-24(14-12-23)29(27,28)19-7-5-18(6-8-19)21-20(26)9-10-25-17(3)15-16(2)22-25/h5-8,15H,4,9-14H2,1-3H3,(H,21,26). The highest BCUT2D eigenvalue weighted by Crippen LogP contribution is 2.20. The van der Waals surface area contributed by atoms with Crippen LogP contribution in [-0.4, -0.2) is 66.0 Å². The smallest absolute Gasteiger partial charge is 0.243 e. The Kier molecular flexibility index (Phi) is 6.71. The second-order valence-electron chi connectivity index (χ2n) is 7.31. The number of nitrogens with one attached hydrogen (secondary N) is 1. The van der Waals surface area contributed by atoms with Crippen molar-refractivity contribution in [3.63, 3.8) is 0 Å². The summed E-state index contributed by atoms with van der Waals surface area (Å²) < 4.78 is 29.0. The highest BCUT2D eigenvalue weighted by atomic mass is 32.2. The van der Waals surface area contributed by atoms with Crippen molar-refractivity contribution in [2.75, 3.05) is 38.0 Å². The largest absolute Gasteiger partial charge is 0.326 e. The molecule has 0 unspecified atom stereocenters. The number of amides is 1. The number of nitrogens with zero attached hydrogens (tertiary/aromatic N) is 4. The number of hydrogen-bond donors (Lipinski definition) is 1. The Morgan fingerprint density at radius 3 is 2.31 bits per heavy atom. The second-order valence-corrected chi connectivity index (χ2v) is 9.25. The van der Waals surface area contributed by atoms with Gasteiger partial charge in [-0.3, -0.25) is 9.48 Å². The number of rotatable bonds is 7. The minimum absolute atomic E-state index is 0.135. The average molecular weight is 420 g/mol. The fourth-order valence-corrected chi connectivity index (χ4v) is 4.90. The van der Waals surface area contributed by atoms with Gasteiger partial charge in [0.1, 0.15) is 0 Å². The molecule has 1 aromatic heterocycles. The fourth-order valence-electron chi connectivity index (χ4n) is 3.48. The molecule has 158 valence electrons. The summed E-state index contributed by atoms with van der Waals surface area (Å²) in [5.74, 6) is -0.135. The molecular formula is C20H29N5O3S. The molecule has 29 heavy (non-hydrogen) atoms. The zero-order valence-corrected chi connectivity index (χ0v) is 18.1. The molecule has 1 aliphatic heterocycles. The van der Waals surface area contributed by atoms with Crippen LogP contribution in [0.5, 0.6) is 0 Å². The zero-order valence-electron chi connectivity index (χ0n) is 17.3. The van der Waals surface area contributed by atoms with Gasteiger partial charge in [0.05, 0.1) is 10.6 Å². The van der Waals surface area contributed by atoms with Gasteiger partial charge in [0, 0.05) is 50.5 Å². The maximum absolute atomic E-state index is 12.8. The molecule has 0 aliphatic carbocycles. The minimum atomic E-state index is -3.51. The molecule has 0 radical (unpaired) electrons. The normalized spacial score (nSPS) is 16.1. The maximum Gasteiger partial charge on any atom is 0.243 e. The summed E-state index contributed by atoms with van der Waals surface area (Å²) in [5, 5.41) is 7.16. The summed E-state index contributed by atoms with van der Waals surface area (Å²) in [6.07, 6.45) is 0.295. The van der Waals surface area contributed by atoms with Crippen LogP contribution in [0.1, 0.15) is 24.7 Å². The molecular weight excluding hydrogens is 390 g/mol. The van der Waals surface area contributed by atoms with Gasteiger partial charge in [0.25, 0.3) is 0 Å². The van der Waals surface area contributed by atoms with E-state index in [9.17, 15) is 13.2 Å². The van der Waals surface area contributed by atoms with Crippen molar-refractivity contribution in [1.82, 2.24) is 19.0 Å². The van der Waals surface area contributed by atoms with Gasteiger partial charge in [-0.2, -0.15) is 9.40 Å². The first kappa shape index (κ1) is 21.5. The number of carbonyl (C=O) groups is 1. The van der Waals surface area contributed by atoms with Crippen molar-refractivity contribution in [3.05, 3.63) is 41.7 Å². The lowest BCUT2D eigenvalue weighted by Crippen LogP contribution is -2.48. The van der Waals surface area contributed by atoms with Crippen LogP contribution in [0.3, 0.4) is 0 Å². The van der Waals surface area contributed by atoms with Crippen LogP contribution in [-0.2, 0) is 21.4 Å². The predicted octanol–water partition coefficient (Wildman–Crippen LogP) is 1.85. The Bertz CT molecular complexity index is 945. The topological polar surface area (TPSA) is 87.5 Å². The van der Waals surface area contributed by atoms with Gasteiger partial charge in [-0.25, -0.2) is 8.42 Å². The third-order valence-corrected chi connectivity index (χ3v) is 7.12. The van der Waals surface area contributed by atoms with Gasteiger partial charge in [0.2, 0.25) is 15.9 Å². The van der Waals surface area contributed by atoms with Gasteiger partial charge in [-0.1, -0.05) is 6.92 Å². The molecule has 1 N–H and O–H groups in total. The molecule has 1 aliphatic rings. The monoisotopic (exact) mass is 419 g/mol. The fraction of sp³-hybridized carbons (Fsp3) is 0.500. The third-order valence-electron chi connectivity index (χ3n) is 5.21. The number of carbonyl (C=O) groups excluding carboxylic acids is 1. The summed E-state index contributed by atoms with van der Waals surface area (Å²) >= 11 is 0. The molecule has 0 spiro atoms. The molecule has 1 amide bonds. The van der Waals surface area contributed by atoms with Crippen molar-refractivity contribution in [2.24, 2.45) is 0 Å². The summed E-state index contributed by atoms with van der Waals surface area (Å²) in [6.45, 7) is 9.89. The van der Waals surface area contributed by atoms with Crippen LogP contribution in [0.2, 0.25) is 0 Å². The SMILES string of the molecule is CCN1CCN(S(=O)(=O)c2ccc(NC(=O)CCn3nc(C)cc3C)cc2)CC1. The molecule has 0 atom stereocenters. The molecule has 2 aromatic rings. The summed E-state index contributed by atoms with van der Waals surface area (Å²) in [4.78, 5) is 14.7. The van der Waals surface area contributed by atoms with E-state index in [1.54, 1.807) is 24.3 Å². The Balaban J connectivity index is 1.56. The Morgan fingerprint density at radius 2 is 1.76 bits per heavy atom. The lowest BCUT2D eigenvalue weighted by Gasteiger charge is -2.33. The number of sulfonamides is 1. The molecule has 1 aromatic carbocycles. The lowest BCUT2D eigenvalue weighted by atomic mass is 10.3. The molecule has 0 bridgehead atoms.